The first-order valence-electron chi connectivity index (χ1n) is 11.0. The van der Waals surface area contributed by atoms with E-state index >= 15 is 0 Å². The van der Waals surface area contributed by atoms with Crippen molar-refractivity contribution in [2.45, 2.75) is 44.4 Å². The Hall–Kier alpha value is -3.36. The number of fused-ring (bicyclic) bond motifs is 1. The van der Waals surface area contributed by atoms with E-state index in [9.17, 15) is 14.7 Å². The molecule has 0 spiro atoms. The number of nitrogens with zero attached hydrogens (tertiary/aromatic N) is 3. The Kier molecular flexibility index (Phi) is 6.02. The van der Waals surface area contributed by atoms with Crippen LogP contribution in [0.3, 0.4) is 0 Å². The molecule has 7 nitrogen and oxygen atoms in total. The van der Waals surface area contributed by atoms with Gasteiger partial charge in [0.2, 0.25) is 0 Å². The molecular formula is C25H24N4O3S. The van der Waals surface area contributed by atoms with Crippen molar-refractivity contribution in [3.05, 3.63) is 81.2 Å². The van der Waals surface area contributed by atoms with E-state index in [4.69, 9.17) is 0 Å². The van der Waals surface area contributed by atoms with E-state index in [0.717, 1.165) is 36.1 Å². The number of hydrogen-bond acceptors (Lipinski definition) is 6. The first kappa shape index (κ1) is 21.5. The molecule has 8 heteroatoms. The van der Waals surface area contributed by atoms with Crippen molar-refractivity contribution in [3.63, 3.8) is 0 Å². The summed E-state index contributed by atoms with van der Waals surface area (Å²) in [4.78, 5) is 35.0. The summed E-state index contributed by atoms with van der Waals surface area (Å²) in [5.74, 6) is -0.322. The number of rotatable bonds is 5. The van der Waals surface area contributed by atoms with Crippen molar-refractivity contribution >= 4 is 28.1 Å². The zero-order chi connectivity index (χ0) is 22.8. The molecule has 0 aliphatic heterocycles. The van der Waals surface area contributed by atoms with Gasteiger partial charge >= 0.3 is 0 Å². The maximum absolute atomic E-state index is 13.2. The van der Waals surface area contributed by atoms with Crippen LogP contribution in [0.5, 0.6) is 0 Å². The molecule has 5 rings (SSSR count). The third-order valence-corrected chi connectivity index (χ3v) is 6.75. The molecule has 1 amide bonds. The molecule has 2 N–H and O–H groups in total. The van der Waals surface area contributed by atoms with Crippen molar-refractivity contribution in [2.75, 3.05) is 0 Å². The highest BCUT2D eigenvalue weighted by atomic mass is 32.1. The molecule has 168 valence electrons. The van der Waals surface area contributed by atoms with Crippen LogP contribution in [0, 0.1) is 0 Å². The lowest BCUT2D eigenvalue weighted by Crippen LogP contribution is -2.45. The van der Waals surface area contributed by atoms with Crippen LogP contribution < -0.4 is 10.9 Å². The molecule has 1 aromatic carbocycles. The third-order valence-electron chi connectivity index (χ3n) is 6.16. The number of aromatic nitrogens is 3. The summed E-state index contributed by atoms with van der Waals surface area (Å²) in [5.41, 5.74) is 5.18. The minimum Gasteiger partial charge on any atom is -0.391 e. The highest BCUT2D eigenvalue weighted by molar-refractivity contribution is 7.07. The summed E-state index contributed by atoms with van der Waals surface area (Å²) in [6.07, 6.45) is 5.96. The predicted molar refractivity (Wildman–Crippen MR) is 128 cm³/mol. The monoisotopic (exact) mass is 460 g/mol. The third kappa shape index (κ3) is 4.44. The molecule has 2 atom stereocenters. The quantitative estimate of drug-likeness (QED) is 0.474. The number of aliphatic hydroxyl groups is 1. The fourth-order valence-corrected chi connectivity index (χ4v) is 4.93. The fraction of sp³-hybridized carbons (Fsp3) is 0.280. The van der Waals surface area contributed by atoms with Gasteiger partial charge in [0.1, 0.15) is 0 Å². The summed E-state index contributed by atoms with van der Waals surface area (Å²) in [7, 11) is 0. The molecule has 1 aliphatic rings. The van der Waals surface area contributed by atoms with Gasteiger partial charge in [-0.25, -0.2) is 4.98 Å². The molecular weight excluding hydrogens is 436 g/mol. The van der Waals surface area contributed by atoms with Gasteiger partial charge in [0.15, 0.2) is 0 Å². The highest BCUT2D eigenvalue weighted by Crippen LogP contribution is 2.21. The van der Waals surface area contributed by atoms with E-state index in [1.165, 1.54) is 0 Å². The standard InChI is InChI=1S/C25H24N4O3S/c30-22-6-2-1-5-20(22)28-24(31)19-13-29(25(32)18-4-3-11-26-23(18)19)12-16-7-9-17(10-8-16)21-14-33-15-27-21/h3-4,7-11,13-15,20,22,30H,1-2,5-6,12H2,(H,28,31)/t20-,22-/m0/s1. The van der Waals surface area contributed by atoms with Gasteiger partial charge < -0.3 is 15.0 Å². The highest BCUT2D eigenvalue weighted by Gasteiger charge is 2.26. The number of aliphatic hydroxyl groups excluding tert-OH is 1. The molecule has 0 radical (unpaired) electrons. The molecule has 1 fully saturated rings. The van der Waals surface area contributed by atoms with Gasteiger partial charge in [-0.1, -0.05) is 37.1 Å². The minimum absolute atomic E-state index is 0.198. The van der Waals surface area contributed by atoms with Crippen LogP contribution in [-0.2, 0) is 6.54 Å². The maximum Gasteiger partial charge on any atom is 0.260 e. The van der Waals surface area contributed by atoms with Crippen LogP contribution in [0.2, 0.25) is 0 Å². The second kappa shape index (κ2) is 9.25. The van der Waals surface area contributed by atoms with Crippen LogP contribution in [-0.4, -0.2) is 37.7 Å². The Bertz CT molecular complexity index is 1330. The maximum atomic E-state index is 13.2. The summed E-state index contributed by atoms with van der Waals surface area (Å²) in [6, 6.07) is 11.0. The normalized spacial score (nSPS) is 18.3. The lowest BCUT2D eigenvalue weighted by atomic mass is 9.92. The number of hydrogen-bond donors (Lipinski definition) is 2. The van der Waals surface area contributed by atoms with Gasteiger partial charge in [0.25, 0.3) is 11.5 Å². The van der Waals surface area contributed by atoms with E-state index in [1.807, 2.05) is 29.6 Å². The molecule has 0 saturated heterocycles. The molecule has 33 heavy (non-hydrogen) atoms. The van der Waals surface area contributed by atoms with Crippen molar-refractivity contribution < 1.29 is 9.90 Å². The van der Waals surface area contributed by atoms with E-state index in [-0.39, 0.29) is 17.5 Å². The zero-order valence-corrected chi connectivity index (χ0v) is 18.8. The Morgan fingerprint density at radius 1 is 1.15 bits per heavy atom. The molecule has 0 bridgehead atoms. The lowest BCUT2D eigenvalue weighted by molar-refractivity contribution is 0.0718. The van der Waals surface area contributed by atoms with E-state index < -0.39 is 6.10 Å². The largest absolute Gasteiger partial charge is 0.391 e. The van der Waals surface area contributed by atoms with E-state index in [2.05, 4.69) is 15.3 Å². The van der Waals surface area contributed by atoms with Crippen LogP contribution in [0.1, 0.15) is 41.6 Å². The number of amides is 1. The molecule has 1 saturated carbocycles. The summed E-state index contributed by atoms with van der Waals surface area (Å²) < 4.78 is 1.55. The van der Waals surface area contributed by atoms with Crippen molar-refractivity contribution in [2.24, 2.45) is 0 Å². The predicted octanol–water partition coefficient (Wildman–Crippen LogP) is 3.60. The van der Waals surface area contributed by atoms with Crippen molar-refractivity contribution in [1.29, 1.82) is 0 Å². The van der Waals surface area contributed by atoms with Gasteiger partial charge in [-0.15, -0.1) is 11.3 Å². The Morgan fingerprint density at radius 2 is 1.97 bits per heavy atom. The number of benzene rings is 1. The minimum atomic E-state index is -0.552. The zero-order valence-electron chi connectivity index (χ0n) is 18.0. The Balaban J connectivity index is 1.47. The Labute approximate surface area is 194 Å². The molecule has 1 aliphatic carbocycles. The number of pyridine rings is 2. The van der Waals surface area contributed by atoms with Gasteiger partial charge in [-0.2, -0.15) is 0 Å². The van der Waals surface area contributed by atoms with Gasteiger partial charge in [-0.05, 0) is 30.5 Å². The van der Waals surface area contributed by atoms with E-state index in [1.54, 1.807) is 45.9 Å². The SMILES string of the molecule is O=C(N[C@H]1CCCC[C@@H]1O)c1cn(Cc2ccc(-c3cscn3)cc2)c(=O)c2cccnc12. The smallest absolute Gasteiger partial charge is 0.260 e. The molecule has 0 unspecified atom stereocenters. The number of carbonyl (C=O) groups excluding carboxylic acids is 1. The second-order valence-corrected chi connectivity index (χ2v) is 9.10. The van der Waals surface area contributed by atoms with Crippen molar-refractivity contribution in [1.82, 2.24) is 19.9 Å². The lowest BCUT2D eigenvalue weighted by Gasteiger charge is -2.28. The average Bonchev–Trinajstić information content (AvgIpc) is 3.38. The van der Waals surface area contributed by atoms with Gasteiger partial charge in [-0.3, -0.25) is 14.6 Å². The number of carbonyl (C=O) groups is 1. The van der Waals surface area contributed by atoms with Crippen LogP contribution >= 0.6 is 11.3 Å². The van der Waals surface area contributed by atoms with Crippen LogP contribution in [0.4, 0.5) is 0 Å². The van der Waals surface area contributed by atoms with Crippen molar-refractivity contribution in [3.8, 4) is 11.3 Å². The van der Waals surface area contributed by atoms with Gasteiger partial charge in [0, 0.05) is 23.3 Å². The summed E-state index contributed by atoms with van der Waals surface area (Å²) >= 11 is 1.54. The Morgan fingerprint density at radius 3 is 2.73 bits per heavy atom. The summed E-state index contributed by atoms with van der Waals surface area (Å²) in [6.45, 7) is 0.327. The van der Waals surface area contributed by atoms with Crippen LogP contribution in [0.25, 0.3) is 22.2 Å². The molecule has 3 heterocycles. The first-order valence-corrected chi connectivity index (χ1v) is 12.0. The summed E-state index contributed by atoms with van der Waals surface area (Å²) in [5, 5.41) is 15.6. The van der Waals surface area contributed by atoms with Crippen LogP contribution in [0.15, 0.2) is 64.5 Å². The second-order valence-electron chi connectivity index (χ2n) is 8.38. The number of nitrogens with one attached hydrogen (secondary N) is 1. The number of thiazole rings is 1. The van der Waals surface area contributed by atoms with Gasteiger partial charge in [0.05, 0.1) is 46.4 Å². The topological polar surface area (TPSA) is 97.1 Å². The van der Waals surface area contributed by atoms with E-state index in [0.29, 0.717) is 29.4 Å². The first-order chi connectivity index (χ1) is 16.1. The average molecular weight is 461 g/mol. The molecule has 3 aromatic heterocycles. The fourth-order valence-electron chi connectivity index (χ4n) is 4.36. The molecule has 4 aromatic rings.